The Kier molecular flexibility index (Phi) is 5.39. The van der Waals surface area contributed by atoms with Crippen molar-refractivity contribution < 1.29 is 23.1 Å². The molecule has 0 radical (unpaired) electrons. The van der Waals surface area contributed by atoms with Gasteiger partial charge in [-0.2, -0.15) is 0 Å². The quantitative estimate of drug-likeness (QED) is 0.627. The highest BCUT2D eigenvalue weighted by atomic mass is 32.2. The molecular formula is C20H18FN3O4S. The number of hydrogen-bond acceptors (Lipinski definition) is 7. The lowest BCUT2D eigenvalue weighted by atomic mass is 10.2. The van der Waals surface area contributed by atoms with E-state index < -0.39 is 11.4 Å². The van der Waals surface area contributed by atoms with Gasteiger partial charge in [-0.15, -0.1) is 10.2 Å². The number of carbonyl (C=O) groups is 1. The maximum Gasteiger partial charge on any atom is 0.277 e. The fraction of sp³-hybridized carbons (Fsp3) is 0.250. The van der Waals surface area contributed by atoms with Crippen LogP contribution < -0.4 is 14.8 Å². The molecule has 0 saturated carbocycles. The molecule has 1 aromatic heterocycles. The monoisotopic (exact) mass is 415 g/mol. The second-order valence-corrected chi connectivity index (χ2v) is 7.78. The first kappa shape index (κ1) is 19.3. The van der Waals surface area contributed by atoms with E-state index in [1.165, 1.54) is 6.07 Å². The number of nitrogens with zero attached hydrogens (tertiary/aromatic N) is 2. The molecule has 9 heteroatoms. The Morgan fingerprint density at radius 2 is 2.03 bits per heavy atom. The van der Waals surface area contributed by atoms with Crippen LogP contribution in [0, 0.1) is 12.7 Å². The number of halogens is 1. The number of para-hydroxylation sites is 2. The molecule has 0 saturated heterocycles. The normalized spacial score (nSPS) is 16.3. The lowest BCUT2D eigenvalue weighted by Gasteiger charge is -2.23. The molecule has 0 aliphatic carbocycles. The van der Waals surface area contributed by atoms with Crippen LogP contribution in [0.3, 0.4) is 0 Å². The Morgan fingerprint density at radius 3 is 2.83 bits per heavy atom. The summed E-state index contributed by atoms with van der Waals surface area (Å²) in [6, 6.07) is 11.9. The van der Waals surface area contributed by atoms with Crippen molar-refractivity contribution in [2.24, 2.45) is 0 Å². The van der Waals surface area contributed by atoms with Crippen molar-refractivity contribution in [1.29, 1.82) is 0 Å². The van der Waals surface area contributed by atoms with Crippen LogP contribution in [0.25, 0.3) is 0 Å². The van der Waals surface area contributed by atoms with Gasteiger partial charge in [-0.3, -0.25) is 4.79 Å². The number of aromatic nitrogens is 2. The fourth-order valence-electron chi connectivity index (χ4n) is 2.66. The van der Waals surface area contributed by atoms with Crippen LogP contribution in [-0.4, -0.2) is 28.0 Å². The van der Waals surface area contributed by atoms with Gasteiger partial charge in [0.2, 0.25) is 12.0 Å². The first-order valence-corrected chi connectivity index (χ1v) is 9.83. The summed E-state index contributed by atoms with van der Waals surface area (Å²) >= 11 is 1.11. The summed E-state index contributed by atoms with van der Waals surface area (Å²) < 4.78 is 30.8. The molecule has 150 valence electrons. The average Bonchev–Trinajstić information content (AvgIpc) is 3.19. The predicted octanol–water partition coefficient (Wildman–Crippen LogP) is 4.15. The highest BCUT2D eigenvalue weighted by molar-refractivity contribution is 8.00. The molecule has 1 N–H and O–H groups in total. The maximum absolute atomic E-state index is 13.6. The Hall–Kier alpha value is -3.07. The van der Waals surface area contributed by atoms with E-state index in [-0.39, 0.29) is 29.4 Å². The van der Waals surface area contributed by atoms with E-state index in [9.17, 15) is 9.18 Å². The summed E-state index contributed by atoms with van der Waals surface area (Å²) in [5.74, 6) is 0.866. The summed E-state index contributed by atoms with van der Waals surface area (Å²) in [6.07, 6.45) is -0.522. The van der Waals surface area contributed by atoms with Crippen LogP contribution in [0.1, 0.15) is 24.5 Å². The molecule has 0 fully saturated rings. The molecule has 4 rings (SSSR count). The van der Waals surface area contributed by atoms with Gasteiger partial charge >= 0.3 is 0 Å². The van der Waals surface area contributed by atoms with E-state index in [2.05, 4.69) is 15.5 Å². The zero-order valence-corrected chi connectivity index (χ0v) is 16.5. The van der Waals surface area contributed by atoms with Gasteiger partial charge in [0.15, 0.2) is 11.5 Å². The highest BCUT2D eigenvalue weighted by Crippen LogP contribution is 2.36. The number of ether oxygens (including phenoxy) is 2. The highest BCUT2D eigenvalue weighted by Gasteiger charge is 2.28. The molecule has 0 bridgehead atoms. The number of nitrogens with one attached hydrogen (secondary N) is 1. The molecule has 29 heavy (non-hydrogen) atoms. The van der Waals surface area contributed by atoms with Gasteiger partial charge in [-0.1, -0.05) is 30.0 Å². The van der Waals surface area contributed by atoms with Crippen molar-refractivity contribution in [3.8, 4) is 11.5 Å². The van der Waals surface area contributed by atoms with E-state index in [1.54, 1.807) is 32.0 Å². The number of hydrogen-bond donors (Lipinski definition) is 1. The standard InChI is InChI=1S/C20H18FN3O4S/c1-11-7-8-13(9-14(11)21)22-18(25)12(2)29-20-24-23-19(28-20)17-10-26-15-5-3-4-6-16(15)27-17/h3-9,12,17H,10H2,1-2H3,(H,22,25)/t12-,17-/m0/s1. The molecule has 2 aromatic carbocycles. The molecule has 1 aliphatic rings. The minimum Gasteiger partial charge on any atom is -0.485 e. The van der Waals surface area contributed by atoms with Crippen LogP contribution in [0.4, 0.5) is 10.1 Å². The van der Waals surface area contributed by atoms with E-state index in [0.717, 1.165) is 11.8 Å². The minimum absolute atomic E-state index is 0.236. The Bertz CT molecular complexity index is 1040. The van der Waals surface area contributed by atoms with Gasteiger partial charge in [-0.25, -0.2) is 4.39 Å². The molecule has 1 aliphatic heterocycles. The van der Waals surface area contributed by atoms with E-state index in [0.29, 0.717) is 22.7 Å². The van der Waals surface area contributed by atoms with Crippen LogP contribution >= 0.6 is 11.8 Å². The topological polar surface area (TPSA) is 86.5 Å². The number of rotatable bonds is 5. The number of thioether (sulfide) groups is 1. The number of benzene rings is 2. The van der Waals surface area contributed by atoms with Crippen LogP contribution in [0.15, 0.2) is 52.1 Å². The Balaban J connectivity index is 1.37. The van der Waals surface area contributed by atoms with Crippen molar-refractivity contribution in [1.82, 2.24) is 10.2 Å². The second kappa shape index (κ2) is 8.12. The smallest absolute Gasteiger partial charge is 0.277 e. The molecule has 3 aromatic rings. The second-order valence-electron chi connectivity index (χ2n) is 6.48. The predicted molar refractivity (Wildman–Crippen MR) is 105 cm³/mol. The SMILES string of the molecule is Cc1ccc(NC(=O)[C@H](C)Sc2nnc([C@@H]3COc4ccccc4O3)o2)cc1F. The van der Waals surface area contributed by atoms with Gasteiger partial charge in [-0.05, 0) is 43.7 Å². The Morgan fingerprint density at radius 1 is 1.24 bits per heavy atom. The lowest BCUT2D eigenvalue weighted by molar-refractivity contribution is -0.115. The van der Waals surface area contributed by atoms with E-state index in [1.807, 2.05) is 18.2 Å². The molecule has 0 spiro atoms. The van der Waals surface area contributed by atoms with Crippen LogP contribution in [0.5, 0.6) is 11.5 Å². The molecule has 7 nitrogen and oxygen atoms in total. The Labute approximate surface area is 170 Å². The largest absolute Gasteiger partial charge is 0.485 e. The summed E-state index contributed by atoms with van der Waals surface area (Å²) in [6.45, 7) is 3.61. The first-order valence-electron chi connectivity index (χ1n) is 8.95. The average molecular weight is 415 g/mol. The van der Waals surface area contributed by atoms with Crippen LogP contribution in [-0.2, 0) is 4.79 Å². The number of anilines is 1. The summed E-state index contributed by atoms with van der Waals surface area (Å²) in [7, 11) is 0. The molecule has 0 unspecified atom stereocenters. The summed E-state index contributed by atoms with van der Waals surface area (Å²) in [4.78, 5) is 12.4. The zero-order valence-electron chi connectivity index (χ0n) is 15.7. The van der Waals surface area contributed by atoms with Gasteiger partial charge in [0.25, 0.3) is 11.1 Å². The molecular weight excluding hydrogens is 397 g/mol. The maximum atomic E-state index is 13.6. The van der Waals surface area contributed by atoms with E-state index in [4.69, 9.17) is 13.9 Å². The number of carbonyl (C=O) groups excluding carboxylic acids is 1. The van der Waals surface area contributed by atoms with Gasteiger partial charge < -0.3 is 19.2 Å². The van der Waals surface area contributed by atoms with Crippen molar-refractivity contribution >= 4 is 23.4 Å². The zero-order chi connectivity index (χ0) is 20.4. The van der Waals surface area contributed by atoms with Gasteiger partial charge in [0.1, 0.15) is 12.4 Å². The minimum atomic E-state index is -0.531. The number of fused-ring (bicyclic) bond motifs is 1. The number of aryl methyl sites for hydroxylation is 1. The van der Waals surface area contributed by atoms with Crippen LogP contribution in [0.2, 0.25) is 0 Å². The third kappa shape index (κ3) is 4.34. The third-order valence-corrected chi connectivity index (χ3v) is 5.23. The molecule has 1 amide bonds. The van der Waals surface area contributed by atoms with Gasteiger partial charge in [0, 0.05) is 5.69 Å². The first-order chi connectivity index (χ1) is 14.0. The van der Waals surface area contributed by atoms with E-state index >= 15 is 0 Å². The van der Waals surface area contributed by atoms with Crippen molar-refractivity contribution in [2.75, 3.05) is 11.9 Å². The van der Waals surface area contributed by atoms with Gasteiger partial charge in [0.05, 0.1) is 5.25 Å². The summed E-state index contributed by atoms with van der Waals surface area (Å²) in [5.41, 5.74) is 0.906. The molecule has 2 atom stereocenters. The fourth-order valence-corrected chi connectivity index (χ4v) is 3.35. The summed E-state index contributed by atoms with van der Waals surface area (Å²) in [5, 5.41) is 10.4. The van der Waals surface area contributed by atoms with Crippen molar-refractivity contribution in [3.05, 3.63) is 59.7 Å². The van der Waals surface area contributed by atoms with Crippen molar-refractivity contribution in [3.63, 3.8) is 0 Å². The third-order valence-electron chi connectivity index (χ3n) is 4.29. The lowest BCUT2D eigenvalue weighted by Crippen LogP contribution is -2.22. The van der Waals surface area contributed by atoms with Crippen molar-refractivity contribution in [2.45, 2.75) is 30.4 Å². The number of amides is 1. The molecule has 2 heterocycles.